The van der Waals surface area contributed by atoms with Gasteiger partial charge < -0.3 is 5.11 Å². The Hall–Kier alpha value is -0.0400. The first-order chi connectivity index (χ1) is 5.36. The molecule has 3 fully saturated rings. The molecule has 0 aliphatic heterocycles. The van der Waals surface area contributed by atoms with E-state index in [1.807, 2.05) is 0 Å². The second-order valence-corrected chi connectivity index (χ2v) is 4.71. The molecule has 0 radical (unpaired) electrons. The van der Waals surface area contributed by atoms with Crippen LogP contribution < -0.4 is 0 Å². The zero-order valence-corrected chi connectivity index (χ0v) is 6.87. The lowest BCUT2D eigenvalue weighted by Crippen LogP contribution is -2.31. The highest BCUT2D eigenvalue weighted by Gasteiger charge is 2.51. The van der Waals surface area contributed by atoms with Crippen LogP contribution in [0.5, 0.6) is 0 Å². The molecule has 1 N–H and O–H groups in total. The van der Waals surface area contributed by atoms with Crippen molar-refractivity contribution >= 4 is 0 Å². The van der Waals surface area contributed by atoms with Crippen molar-refractivity contribution in [3.63, 3.8) is 0 Å². The Morgan fingerprint density at radius 2 is 1.55 bits per heavy atom. The minimum absolute atomic E-state index is 0.0752. The predicted molar refractivity (Wildman–Crippen MR) is 43.1 cm³/mol. The molecule has 5 atom stereocenters. The molecule has 62 valence electrons. The monoisotopic (exact) mass is 152 g/mol. The first-order valence-corrected chi connectivity index (χ1v) is 5.04. The van der Waals surface area contributed by atoms with Crippen LogP contribution in [0.15, 0.2) is 0 Å². The highest BCUT2D eigenvalue weighted by molar-refractivity contribution is 5.01. The zero-order chi connectivity index (χ0) is 7.42. The summed E-state index contributed by atoms with van der Waals surface area (Å²) in [6.45, 7) is 0. The Labute approximate surface area is 67.8 Å². The van der Waals surface area contributed by atoms with E-state index in [4.69, 9.17) is 0 Å². The minimum Gasteiger partial charge on any atom is -0.393 e. The fourth-order valence-corrected chi connectivity index (χ4v) is 4.02. The van der Waals surface area contributed by atoms with Crippen LogP contribution in [0.25, 0.3) is 0 Å². The van der Waals surface area contributed by atoms with Crippen molar-refractivity contribution in [1.82, 2.24) is 0 Å². The molecule has 4 bridgehead atoms. The minimum atomic E-state index is 0.0752. The maximum absolute atomic E-state index is 9.78. The van der Waals surface area contributed by atoms with Gasteiger partial charge in [-0.2, -0.15) is 0 Å². The van der Waals surface area contributed by atoms with Crippen LogP contribution >= 0.6 is 0 Å². The molecule has 0 aromatic carbocycles. The number of hydrogen-bond acceptors (Lipinski definition) is 1. The molecule has 11 heavy (non-hydrogen) atoms. The van der Waals surface area contributed by atoms with Crippen molar-refractivity contribution in [2.75, 3.05) is 0 Å². The van der Waals surface area contributed by atoms with E-state index in [2.05, 4.69) is 0 Å². The summed E-state index contributed by atoms with van der Waals surface area (Å²) in [6.07, 6.45) is 6.81. The topological polar surface area (TPSA) is 20.2 Å². The molecule has 3 rings (SSSR count). The second kappa shape index (κ2) is 2.01. The number of aliphatic hydroxyl groups excluding tert-OH is 1. The van der Waals surface area contributed by atoms with Crippen LogP contribution in [-0.2, 0) is 0 Å². The Morgan fingerprint density at radius 1 is 0.818 bits per heavy atom. The third kappa shape index (κ3) is 0.703. The van der Waals surface area contributed by atoms with Crippen molar-refractivity contribution in [3.05, 3.63) is 0 Å². The SMILES string of the molecule is O[C@H]1C[C@@H]2CC[C@@H]3[C@H]1CC[C@@H]23. The summed E-state index contributed by atoms with van der Waals surface area (Å²) in [5.41, 5.74) is 0. The molecule has 0 unspecified atom stereocenters. The summed E-state index contributed by atoms with van der Waals surface area (Å²) >= 11 is 0. The third-order valence-corrected chi connectivity index (χ3v) is 4.45. The number of rotatable bonds is 0. The van der Waals surface area contributed by atoms with Crippen LogP contribution in [0.2, 0.25) is 0 Å². The Balaban J connectivity index is 1.96. The van der Waals surface area contributed by atoms with Crippen LogP contribution in [0.1, 0.15) is 32.1 Å². The molecule has 3 aliphatic rings. The van der Waals surface area contributed by atoms with E-state index in [-0.39, 0.29) is 6.10 Å². The van der Waals surface area contributed by atoms with Crippen LogP contribution in [0.4, 0.5) is 0 Å². The van der Waals surface area contributed by atoms with Gasteiger partial charge in [-0.3, -0.25) is 0 Å². The van der Waals surface area contributed by atoms with Gasteiger partial charge >= 0.3 is 0 Å². The first-order valence-electron chi connectivity index (χ1n) is 5.04. The van der Waals surface area contributed by atoms with Crippen molar-refractivity contribution in [1.29, 1.82) is 0 Å². The fourth-order valence-electron chi connectivity index (χ4n) is 4.02. The molecule has 3 aliphatic carbocycles. The molecule has 1 heteroatoms. The highest BCUT2D eigenvalue weighted by Crippen LogP contribution is 2.57. The molecule has 0 saturated heterocycles. The van der Waals surface area contributed by atoms with E-state index in [0.717, 1.165) is 24.2 Å². The van der Waals surface area contributed by atoms with Crippen LogP contribution in [-0.4, -0.2) is 11.2 Å². The van der Waals surface area contributed by atoms with Crippen molar-refractivity contribution in [3.8, 4) is 0 Å². The predicted octanol–water partition coefficient (Wildman–Crippen LogP) is 1.80. The maximum atomic E-state index is 9.78. The van der Waals surface area contributed by atoms with Gasteiger partial charge in [-0.15, -0.1) is 0 Å². The molecular formula is C10H16O. The molecule has 0 aromatic heterocycles. The quantitative estimate of drug-likeness (QED) is 0.561. The summed E-state index contributed by atoms with van der Waals surface area (Å²) in [5, 5.41) is 9.78. The number of hydrogen-bond donors (Lipinski definition) is 1. The van der Waals surface area contributed by atoms with Gasteiger partial charge in [-0.1, -0.05) is 0 Å². The highest BCUT2D eigenvalue weighted by atomic mass is 16.3. The van der Waals surface area contributed by atoms with Gasteiger partial charge in [-0.05, 0) is 55.8 Å². The average Bonchev–Trinajstić information content (AvgIpc) is 2.44. The Bertz CT molecular complexity index is 176. The molecule has 0 amide bonds. The zero-order valence-electron chi connectivity index (χ0n) is 6.87. The average molecular weight is 152 g/mol. The van der Waals surface area contributed by atoms with Crippen molar-refractivity contribution < 1.29 is 5.11 Å². The van der Waals surface area contributed by atoms with Gasteiger partial charge in [0.15, 0.2) is 0 Å². The fraction of sp³-hybridized carbons (Fsp3) is 1.00. The smallest absolute Gasteiger partial charge is 0.0573 e. The largest absolute Gasteiger partial charge is 0.393 e. The van der Waals surface area contributed by atoms with Gasteiger partial charge in [0, 0.05) is 0 Å². The number of aliphatic hydroxyl groups is 1. The van der Waals surface area contributed by atoms with Crippen molar-refractivity contribution in [2.24, 2.45) is 23.7 Å². The third-order valence-electron chi connectivity index (χ3n) is 4.45. The van der Waals surface area contributed by atoms with Gasteiger partial charge in [0.05, 0.1) is 6.10 Å². The maximum Gasteiger partial charge on any atom is 0.0573 e. The van der Waals surface area contributed by atoms with E-state index in [1.54, 1.807) is 0 Å². The summed E-state index contributed by atoms with van der Waals surface area (Å²) < 4.78 is 0. The molecule has 0 heterocycles. The van der Waals surface area contributed by atoms with Crippen LogP contribution in [0, 0.1) is 23.7 Å². The summed E-state index contributed by atoms with van der Waals surface area (Å²) in [6, 6.07) is 0. The van der Waals surface area contributed by atoms with Gasteiger partial charge in [-0.25, -0.2) is 0 Å². The van der Waals surface area contributed by atoms with E-state index in [9.17, 15) is 5.11 Å². The van der Waals surface area contributed by atoms with Gasteiger partial charge in [0.2, 0.25) is 0 Å². The molecule has 0 aromatic rings. The molecule has 3 saturated carbocycles. The van der Waals surface area contributed by atoms with Gasteiger partial charge in [0.25, 0.3) is 0 Å². The van der Waals surface area contributed by atoms with Crippen LogP contribution in [0.3, 0.4) is 0 Å². The lowest BCUT2D eigenvalue weighted by molar-refractivity contribution is 0.0358. The molecule has 0 spiro atoms. The van der Waals surface area contributed by atoms with E-state index in [1.165, 1.54) is 25.7 Å². The van der Waals surface area contributed by atoms with Crippen molar-refractivity contribution in [2.45, 2.75) is 38.2 Å². The lowest BCUT2D eigenvalue weighted by atomic mass is 9.77. The first kappa shape index (κ1) is 6.47. The standard InChI is InChI=1S/C10H16O/c11-10-5-6-1-2-8-7(6)3-4-9(8)10/h6-11H,1-5H2/t6-,7-,8-,9+,10-/m0/s1. The summed E-state index contributed by atoms with van der Waals surface area (Å²) in [5.74, 6) is 3.58. The van der Waals surface area contributed by atoms with E-state index >= 15 is 0 Å². The second-order valence-electron chi connectivity index (χ2n) is 4.71. The molecular weight excluding hydrogens is 136 g/mol. The summed E-state index contributed by atoms with van der Waals surface area (Å²) in [7, 11) is 0. The Kier molecular flexibility index (Phi) is 1.18. The van der Waals surface area contributed by atoms with E-state index < -0.39 is 0 Å². The lowest BCUT2D eigenvalue weighted by Gasteiger charge is -2.31. The normalized spacial score (nSPS) is 60.3. The van der Waals surface area contributed by atoms with E-state index in [0.29, 0.717) is 5.92 Å². The molecule has 1 nitrogen and oxygen atoms in total. The Morgan fingerprint density at radius 3 is 2.45 bits per heavy atom. The van der Waals surface area contributed by atoms with Gasteiger partial charge in [0.1, 0.15) is 0 Å². The summed E-state index contributed by atoms with van der Waals surface area (Å²) in [4.78, 5) is 0.